The number of fused-ring (bicyclic) bond motifs is 1. The molecule has 24 heavy (non-hydrogen) atoms. The minimum absolute atomic E-state index is 0.0155. The highest BCUT2D eigenvalue weighted by atomic mass is 16.7. The number of aliphatic carboxylic acids is 1. The highest BCUT2D eigenvalue weighted by molar-refractivity contribution is 6.01. The Bertz CT molecular complexity index is 677. The van der Waals surface area contributed by atoms with Crippen LogP contribution in [0.25, 0.3) is 0 Å². The zero-order chi connectivity index (χ0) is 17.1. The average molecular weight is 335 g/mol. The van der Waals surface area contributed by atoms with E-state index in [1.54, 1.807) is 23.1 Å². The molecular weight excluding hydrogens is 318 g/mol. The van der Waals surface area contributed by atoms with E-state index in [0.29, 0.717) is 36.7 Å². The molecule has 2 aliphatic heterocycles. The molecule has 2 aliphatic rings. The summed E-state index contributed by atoms with van der Waals surface area (Å²) in [7, 11) is 0. The lowest BCUT2D eigenvalue weighted by atomic mass is 10.1. The number of carbonyl (C=O) groups is 3. The molecule has 1 saturated heterocycles. The van der Waals surface area contributed by atoms with Gasteiger partial charge in [-0.05, 0) is 25.1 Å². The number of likely N-dealkylation sites (tertiary alicyclic amines) is 1. The highest BCUT2D eigenvalue weighted by Crippen LogP contribution is 2.34. The normalized spacial score (nSPS) is 19.1. The second-order valence-electron chi connectivity index (χ2n) is 5.63. The summed E-state index contributed by atoms with van der Waals surface area (Å²) in [5, 5.41) is 13.7. The van der Waals surface area contributed by atoms with E-state index in [1.165, 1.54) is 0 Å². The van der Waals surface area contributed by atoms with Gasteiger partial charge in [-0.25, -0.2) is 4.79 Å². The van der Waals surface area contributed by atoms with Crippen molar-refractivity contribution < 1.29 is 29.0 Å². The van der Waals surface area contributed by atoms with E-state index >= 15 is 0 Å². The Morgan fingerprint density at radius 1 is 1.25 bits per heavy atom. The number of carboxylic acid groups (broad SMARTS) is 1. The molecule has 2 heterocycles. The maximum Gasteiger partial charge on any atom is 0.325 e. The minimum Gasteiger partial charge on any atom is -0.481 e. The molecule has 1 unspecified atom stereocenters. The Labute approximate surface area is 137 Å². The average Bonchev–Trinajstić information content (AvgIpc) is 3.15. The van der Waals surface area contributed by atoms with E-state index in [2.05, 4.69) is 10.6 Å². The van der Waals surface area contributed by atoms with Crippen molar-refractivity contribution >= 4 is 23.6 Å². The predicted molar refractivity (Wildman–Crippen MR) is 81.9 cm³/mol. The Morgan fingerprint density at radius 2 is 2.04 bits per heavy atom. The maximum absolute atomic E-state index is 11.9. The van der Waals surface area contributed by atoms with Gasteiger partial charge in [-0.3, -0.25) is 19.8 Å². The number of ether oxygens (including phenoxy) is 2. The number of hydrogen-bond acceptors (Lipinski definition) is 6. The highest BCUT2D eigenvalue weighted by Gasteiger charge is 2.29. The van der Waals surface area contributed by atoms with Gasteiger partial charge in [-0.2, -0.15) is 0 Å². The van der Waals surface area contributed by atoms with Crippen LogP contribution in [0.1, 0.15) is 6.42 Å². The molecule has 1 atom stereocenters. The van der Waals surface area contributed by atoms with Gasteiger partial charge in [-0.1, -0.05) is 0 Å². The van der Waals surface area contributed by atoms with Gasteiger partial charge >= 0.3 is 12.0 Å². The fraction of sp³-hybridized carbons (Fsp3) is 0.400. The van der Waals surface area contributed by atoms with Crippen LogP contribution in [-0.2, 0) is 9.59 Å². The number of anilines is 1. The first-order valence-electron chi connectivity index (χ1n) is 7.47. The molecule has 1 aromatic carbocycles. The second-order valence-corrected chi connectivity index (χ2v) is 5.63. The fourth-order valence-corrected chi connectivity index (χ4v) is 2.68. The first kappa shape index (κ1) is 16.1. The monoisotopic (exact) mass is 335 g/mol. The zero-order valence-electron chi connectivity index (χ0n) is 12.8. The van der Waals surface area contributed by atoms with Gasteiger partial charge in [0.2, 0.25) is 12.7 Å². The topological polar surface area (TPSA) is 117 Å². The van der Waals surface area contributed by atoms with Crippen LogP contribution in [-0.4, -0.2) is 54.3 Å². The van der Waals surface area contributed by atoms with Gasteiger partial charge < -0.3 is 19.9 Å². The van der Waals surface area contributed by atoms with Crippen LogP contribution in [0.4, 0.5) is 10.5 Å². The summed E-state index contributed by atoms with van der Waals surface area (Å²) in [6, 6.07) is 4.24. The van der Waals surface area contributed by atoms with Crippen LogP contribution in [0.15, 0.2) is 18.2 Å². The lowest BCUT2D eigenvalue weighted by molar-refractivity contribution is -0.141. The van der Waals surface area contributed by atoms with Crippen LogP contribution < -0.4 is 20.1 Å². The number of nitrogens with one attached hydrogen (secondary N) is 2. The summed E-state index contributed by atoms with van der Waals surface area (Å²) in [6.45, 7) is 0.954. The van der Waals surface area contributed by atoms with Crippen LogP contribution >= 0.6 is 0 Å². The van der Waals surface area contributed by atoms with Crippen molar-refractivity contribution in [2.75, 3.05) is 31.7 Å². The van der Waals surface area contributed by atoms with Crippen molar-refractivity contribution in [3.05, 3.63) is 18.2 Å². The Kier molecular flexibility index (Phi) is 4.52. The van der Waals surface area contributed by atoms with Crippen molar-refractivity contribution in [3.63, 3.8) is 0 Å². The van der Waals surface area contributed by atoms with Crippen LogP contribution in [0.2, 0.25) is 0 Å². The van der Waals surface area contributed by atoms with Gasteiger partial charge in [0, 0.05) is 18.3 Å². The maximum atomic E-state index is 11.9. The number of carbonyl (C=O) groups excluding carboxylic acids is 2. The van der Waals surface area contributed by atoms with Gasteiger partial charge in [-0.15, -0.1) is 0 Å². The number of nitrogens with zero attached hydrogens (tertiary/aromatic N) is 1. The third kappa shape index (κ3) is 3.74. The first-order chi connectivity index (χ1) is 11.5. The molecule has 9 nitrogen and oxygen atoms in total. The molecule has 0 aromatic heterocycles. The fourth-order valence-electron chi connectivity index (χ4n) is 2.68. The van der Waals surface area contributed by atoms with Crippen LogP contribution in [0, 0.1) is 5.92 Å². The number of benzene rings is 1. The van der Waals surface area contributed by atoms with Gasteiger partial charge in [0.05, 0.1) is 12.5 Å². The van der Waals surface area contributed by atoms with Gasteiger partial charge in [0.1, 0.15) is 0 Å². The SMILES string of the molecule is O=C(CN1CCC(C(=O)O)C1)NC(=O)Nc1ccc2c(c1)OCO2. The van der Waals surface area contributed by atoms with Gasteiger partial charge in [0.25, 0.3) is 0 Å². The molecule has 9 heteroatoms. The van der Waals surface area contributed by atoms with Crippen molar-refractivity contribution in [1.82, 2.24) is 10.2 Å². The van der Waals surface area contributed by atoms with E-state index in [0.717, 1.165) is 0 Å². The molecule has 0 saturated carbocycles. The molecule has 0 bridgehead atoms. The smallest absolute Gasteiger partial charge is 0.325 e. The summed E-state index contributed by atoms with van der Waals surface area (Å²) < 4.78 is 10.4. The van der Waals surface area contributed by atoms with Crippen LogP contribution in [0.5, 0.6) is 11.5 Å². The molecule has 0 spiro atoms. The van der Waals surface area contributed by atoms with E-state index in [4.69, 9.17) is 14.6 Å². The molecule has 3 N–H and O–H groups in total. The Hall–Kier alpha value is -2.81. The van der Waals surface area contributed by atoms with Crippen LogP contribution in [0.3, 0.4) is 0 Å². The van der Waals surface area contributed by atoms with E-state index < -0.39 is 23.8 Å². The second kappa shape index (κ2) is 6.75. The summed E-state index contributed by atoms with van der Waals surface area (Å²) >= 11 is 0. The van der Waals surface area contributed by atoms with Crippen molar-refractivity contribution in [3.8, 4) is 11.5 Å². The summed E-state index contributed by atoms with van der Waals surface area (Å²) in [5.74, 6) is -0.687. The Morgan fingerprint density at radius 3 is 2.79 bits per heavy atom. The molecule has 1 fully saturated rings. The number of rotatable bonds is 4. The third-order valence-corrected chi connectivity index (χ3v) is 3.87. The number of carboxylic acids is 1. The number of hydrogen-bond donors (Lipinski definition) is 3. The molecule has 3 amide bonds. The molecule has 3 rings (SSSR count). The predicted octanol–water partition coefficient (Wildman–Crippen LogP) is 0.470. The molecule has 0 aliphatic carbocycles. The lowest BCUT2D eigenvalue weighted by Crippen LogP contribution is -2.41. The molecule has 1 aromatic rings. The number of urea groups is 1. The van der Waals surface area contributed by atoms with Gasteiger partial charge in [0.15, 0.2) is 11.5 Å². The molecular formula is C15H17N3O6. The summed E-state index contributed by atoms with van der Waals surface area (Å²) in [6.07, 6.45) is 0.506. The lowest BCUT2D eigenvalue weighted by Gasteiger charge is -2.14. The Balaban J connectivity index is 1.46. The summed E-state index contributed by atoms with van der Waals surface area (Å²) in [5.41, 5.74) is 0.469. The van der Waals surface area contributed by atoms with E-state index in [-0.39, 0.29) is 13.3 Å². The molecule has 0 radical (unpaired) electrons. The molecule has 128 valence electrons. The standard InChI is InChI=1S/C15H17N3O6/c19-13(7-18-4-3-9(6-18)14(20)21)17-15(22)16-10-1-2-11-12(5-10)24-8-23-11/h1-2,5,9H,3-4,6-8H2,(H,20,21)(H2,16,17,19,22). The summed E-state index contributed by atoms with van der Waals surface area (Å²) in [4.78, 5) is 36.3. The zero-order valence-corrected chi connectivity index (χ0v) is 12.8. The van der Waals surface area contributed by atoms with Crippen molar-refractivity contribution in [1.29, 1.82) is 0 Å². The van der Waals surface area contributed by atoms with Crippen molar-refractivity contribution in [2.45, 2.75) is 6.42 Å². The van der Waals surface area contributed by atoms with Crippen molar-refractivity contribution in [2.24, 2.45) is 5.92 Å². The number of imide groups is 1. The largest absolute Gasteiger partial charge is 0.481 e. The van der Waals surface area contributed by atoms with E-state index in [1.807, 2.05) is 0 Å². The third-order valence-electron chi connectivity index (χ3n) is 3.87. The number of amides is 3. The quantitative estimate of drug-likeness (QED) is 0.732. The van der Waals surface area contributed by atoms with E-state index in [9.17, 15) is 14.4 Å². The first-order valence-corrected chi connectivity index (χ1v) is 7.47. The minimum atomic E-state index is -0.863.